The third kappa shape index (κ3) is 5.31. The van der Waals surface area contributed by atoms with Crippen LogP contribution in [0.4, 0.5) is 0 Å². The molecule has 0 radical (unpaired) electrons. The maximum atomic E-state index is 8.69. The van der Waals surface area contributed by atoms with Crippen molar-refractivity contribution in [2.45, 2.75) is 52.4 Å². The first-order valence-corrected chi connectivity index (χ1v) is 7.07. The molecule has 1 N–H and O–H groups in total. The number of piperidine rings is 1. The maximum absolute atomic E-state index is 8.69. The highest BCUT2D eigenvalue weighted by atomic mass is 16.2. The summed E-state index contributed by atoms with van der Waals surface area (Å²) < 4.78 is 0. The van der Waals surface area contributed by atoms with E-state index in [-0.39, 0.29) is 0 Å². The quantitative estimate of drug-likeness (QED) is 0.676. The molecule has 0 aromatic rings. The summed E-state index contributed by atoms with van der Waals surface area (Å²) in [5, 5.41) is 8.69. The molecule has 1 aliphatic heterocycles. The molecule has 1 heterocycles. The van der Waals surface area contributed by atoms with Crippen LogP contribution in [0.25, 0.3) is 0 Å². The minimum atomic E-state index is 0.361. The molecule has 0 bridgehead atoms. The van der Waals surface area contributed by atoms with Crippen LogP contribution in [-0.4, -0.2) is 36.2 Å². The molecule has 16 heavy (non-hydrogen) atoms. The number of rotatable bonds is 7. The van der Waals surface area contributed by atoms with E-state index >= 15 is 0 Å². The first-order valence-electron chi connectivity index (χ1n) is 7.07. The molecule has 1 fully saturated rings. The number of unbranched alkanes of at least 4 members (excludes halogenated alkanes) is 3. The predicted octanol–water partition coefficient (Wildman–Crippen LogP) is 2.91. The van der Waals surface area contributed by atoms with Crippen molar-refractivity contribution in [3.05, 3.63) is 0 Å². The number of hydrogen-bond donors (Lipinski definition) is 1. The Hall–Kier alpha value is -0.0800. The lowest BCUT2D eigenvalue weighted by Gasteiger charge is -2.33. The highest BCUT2D eigenvalue weighted by Gasteiger charge is 2.20. The Labute approximate surface area is 101 Å². The first kappa shape index (κ1) is 14.0. The molecule has 2 nitrogen and oxygen atoms in total. The number of nitrogens with zero attached hydrogens (tertiary/aromatic N) is 1. The maximum Gasteiger partial charge on any atom is 0.0431 e. The van der Waals surface area contributed by atoms with Crippen LogP contribution < -0.4 is 0 Å². The molecule has 1 rings (SSSR count). The Bertz CT molecular complexity index is 162. The second-order valence-electron chi connectivity index (χ2n) is 5.56. The zero-order valence-electron chi connectivity index (χ0n) is 11.1. The van der Waals surface area contributed by atoms with E-state index in [0.29, 0.717) is 6.61 Å². The predicted molar refractivity (Wildman–Crippen MR) is 69.6 cm³/mol. The minimum Gasteiger partial charge on any atom is -0.396 e. The van der Waals surface area contributed by atoms with Gasteiger partial charge in [-0.3, -0.25) is 0 Å². The van der Waals surface area contributed by atoms with Crippen molar-refractivity contribution >= 4 is 0 Å². The SMILES string of the molecule is CC(C)C1CCN(CCCCCCO)CC1. The molecular weight excluding hydrogens is 198 g/mol. The molecule has 0 atom stereocenters. The zero-order chi connectivity index (χ0) is 11.8. The van der Waals surface area contributed by atoms with Crippen molar-refractivity contribution in [3.8, 4) is 0 Å². The zero-order valence-corrected chi connectivity index (χ0v) is 11.1. The van der Waals surface area contributed by atoms with Crippen LogP contribution in [0, 0.1) is 11.8 Å². The molecule has 0 saturated carbocycles. The fraction of sp³-hybridized carbons (Fsp3) is 1.00. The van der Waals surface area contributed by atoms with Gasteiger partial charge in [0.2, 0.25) is 0 Å². The first-order chi connectivity index (χ1) is 7.74. The topological polar surface area (TPSA) is 23.5 Å². The highest BCUT2D eigenvalue weighted by Crippen LogP contribution is 2.24. The lowest BCUT2D eigenvalue weighted by atomic mass is 9.87. The Morgan fingerprint density at radius 1 is 1.06 bits per heavy atom. The lowest BCUT2D eigenvalue weighted by Crippen LogP contribution is -2.35. The Kier molecular flexibility index (Phi) is 7.06. The standard InChI is InChI=1S/C14H29NO/c1-13(2)14-7-10-15(11-8-14)9-5-3-4-6-12-16/h13-14,16H,3-12H2,1-2H3. The summed E-state index contributed by atoms with van der Waals surface area (Å²) in [5.41, 5.74) is 0. The summed E-state index contributed by atoms with van der Waals surface area (Å²) in [6.07, 6.45) is 7.56. The minimum absolute atomic E-state index is 0.361. The van der Waals surface area contributed by atoms with E-state index in [1.54, 1.807) is 0 Å². The number of likely N-dealkylation sites (tertiary alicyclic amines) is 1. The van der Waals surface area contributed by atoms with Gasteiger partial charge in [0.05, 0.1) is 0 Å². The molecule has 0 spiro atoms. The van der Waals surface area contributed by atoms with Crippen LogP contribution in [0.5, 0.6) is 0 Å². The molecule has 2 heteroatoms. The van der Waals surface area contributed by atoms with Crippen LogP contribution in [-0.2, 0) is 0 Å². The van der Waals surface area contributed by atoms with Gasteiger partial charge >= 0.3 is 0 Å². The van der Waals surface area contributed by atoms with Gasteiger partial charge in [-0.25, -0.2) is 0 Å². The van der Waals surface area contributed by atoms with Gasteiger partial charge < -0.3 is 10.0 Å². The fourth-order valence-electron chi connectivity index (χ4n) is 2.64. The summed E-state index contributed by atoms with van der Waals surface area (Å²) in [7, 11) is 0. The smallest absolute Gasteiger partial charge is 0.0431 e. The van der Waals surface area contributed by atoms with Gasteiger partial charge in [0.15, 0.2) is 0 Å². The van der Waals surface area contributed by atoms with Crippen LogP contribution in [0.1, 0.15) is 52.4 Å². The van der Waals surface area contributed by atoms with Crippen molar-refractivity contribution in [1.82, 2.24) is 4.90 Å². The van der Waals surface area contributed by atoms with Crippen LogP contribution in [0.3, 0.4) is 0 Å². The molecule has 0 amide bonds. The van der Waals surface area contributed by atoms with E-state index in [2.05, 4.69) is 18.7 Å². The average Bonchev–Trinajstić information content (AvgIpc) is 2.29. The van der Waals surface area contributed by atoms with Gasteiger partial charge in [0.25, 0.3) is 0 Å². The van der Waals surface area contributed by atoms with Gasteiger partial charge in [-0.05, 0) is 57.2 Å². The highest BCUT2D eigenvalue weighted by molar-refractivity contribution is 4.74. The van der Waals surface area contributed by atoms with Crippen molar-refractivity contribution in [3.63, 3.8) is 0 Å². The van der Waals surface area contributed by atoms with E-state index in [4.69, 9.17) is 5.11 Å². The Balaban J connectivity index is 1.99. The summed E-state index contributed by atoms with van der Waals surface area (Å²) >= 11 is 0. The second-order valence-corrected chi connectivity index (χ2v) is 5.56. The molecule has 1 saturated heterocycles. The monoisotopic (exact) mass is 227 g/mol. The number of aliphatic hydroxyl groups is 1. The van der Waals surface area contributed by atoms with Gasteiger partial charge in [0.1, 0.15) is 0 Å². The van der Waals surface area contributed by atoms with Gasteiger partial charge in [-0.15, -0.1) is 0 Å². The van der Waals surface area contributed by atoms with Crippen molar-refractivity contribution < 1.29 is 5.11 Å². The number of aliphatic hydroxyl groups excluding tert-OH is 1. The Morgan fingerprint density at radius 2 is 1.69 bits per heavy atom. The Morgan fingerprint density at radius 3 is 2.25 bits per heavy atom. The van der Waals surface area contributed by atoms with Crippen LogP contribution in [0.2, 0.25) is 0 Å². The molecule has 0 aliphatic carbocycles. The third-order valence-electron chi connectivity index (χ3n) is 3.96. The summed E-state index contributed by atoms with van der Waals surface area (Å²) in [6, 6.07) is 0. The van der Waals surface area contributed by atoms with E-state index in [0.717, 1.165) is 18.3 Å². The van der Waals surface area contributed by atoms with E-state index in [9.17, 15) is 0 Å². The summed E-state index contributed by atoms with van der Waals surface area (Å²) in [6.45, 7) is 8.96. The molecule has 0 aromatic carbocycles. The van der Waals surface area contributed by atoms with E-state index in [1.807, 2.05) is 0 Å². The fourth-order valence-corrected chi connectivity index (χ4v) is 2.64. The van der Waals surface area contributed by atoms with Gasteiger partial charge in [0, 0.05) is 6.61 Å². The molecule has 0 aromatic heterocycles. The van der Waals surface area contributed by atoms with E-state index in [1.165, 1.54) is 51.7 Å². The van der Waals surface area contributed by atoms with E-state index < -0.39 is 0 Å². The number of hydrogen-bond acceptors (Lipinski definition) is 2. The van der Waals surface area contributed by atoms with Crippen molar-refractivity contribution in [2.24, 2.45) is 11.8 Å². The molecule has 1 aliphatic rings. The second kappa shape index (κ2) is 8.08. The summed E-state index contributed by atoms with van der Waals surface area (Å²) in [5.74, 6) is 1.83. The molecule has 0 unspecified atom stereocenters. The normalized spacial score (nSPS) is 19.5. The van der Waals surface area contributed by atoms with Crippen LogP contribution >= 0.6 is 0 Å². The summed E-state index contributed by atoms with van der Waals surface area (Å²) in [4.78, 5) is 2.62. The lowest BCUT2D eigenvalue weighted by molar-refractivity contribution is 0.155. The van der Waals surface area contributed by atoms with Crippen molar-refractivity contribution in [1.29, 1.82) is 0 Å². The largest absolute Gasteiger partial charge is 0.396 e. The van der Waals surface area contributed by atoms with Crippen molar-refractivity contribution in [2.75, 3.05) is 26.2 Å². The molecular formula is C14H29NO. The average molecular weight is 227 g/mol. The van der Waals surface area contributed by atoms with Gasteiger partial charge in [-0.2, -0.15) is 0 Å². The van der Waals surface area contributed by atoms with Crippen LogP contribution in [0.15, 0.2) is 0 Å². The third-order valence-corrected chi connectivity index (χ3v) is 3.96. The molecule has 96 valence electrons. The van der Waals surface area contributed by atoms with Gasteiger partial charge in [-0.1, -0.05) is 26.7 Å².